The van der Waals surface area contributed by atoms with Crippen molar-refractivity contribution in [3.8, 4) is 0 Å². The molecule has 22 heavy (non-hydrogen) atoms. The van der Waals surface area contributed by atoms with Crippen molar-refractivity contribution in [1.29, 1.82) is 0 Å². The number of hydrogen-bond acceptors (Lipinski definition) is 6. The van der Waals surface area contributed by atoms with Crippen LogP contribution in [0.4, 0.5) is 11.8 Å². The molecule has 3 aromatic rings. The predicted octanol–water partition coefficient (Wildman–Crippen LogP) is 1.31. The first-order chi connectivity index (χ1) is 10.8. The van der Waals surface area contributed by atoms with Gasteiger partial charge < -0.3 is 11.1 Å². The highest BCUT2D eigenvalue weighted by atomic mass is 15.3. The molecule has 0 fully saturated rings. The lowest BCUT2D eigenvalue weighted by atomic mass is 10.1. The highest BCUT2D eigenvalue weighted by Gasteiger charge is 2.15. The van der Waals surface area contributed by atoms with Crippen LogP contribution in [0.3, 0.4) is 0 Å². The van der Waals surface area contributed by atoms with Crippen LogP contribution in [0.25, 0.3) is 5.65 Å². The van der Waals surface area contributed by atoms with Gasteiger partial charge in [-0.2, -0.15) is 10.1 Å². The molecule has 3 aromatic heterocycles. The molecule has 8 nitrogen and oxygen atoms in total. The maximum atomic E-state index is 5.89. The van der Waals surface area contributed by atoms with Crippen molar-refractivity contribution >= 4 is 17.4 Å². The average Bonchev–Trinajstić information content (AvgIpc) is 3.07. The van der Waals surface area contributed by atoms with Crippen molar-refractivity contribution in [2.75, 3.05) is 11.1 Å². The highest BCUT2D eigenvalue weighted by Crippen LogP contribution is 2.22. The van der Waals surface area contributed by atoms with Gasteiger partial charge in [-0.3, -0.25) is 9.50 Å². The quantitative estimate of drug-likeness (QED) is 0.629. The third kappa shape index (κ3) is 2.26. The summed E-state index contributed by atoms with van der Waals surface area (Å²) < 4.78 is 1.64. The van der Waals surface area contributed by atoms with E-state index in [1.54, 1.807) is 10.7 Å². The van der Waals surface area contributed by atoms with Gasteiger partial charge >= 0.3 is 0 Å². The van der Waals surface area contributed by atoms with E-state index >= 15 is 0 Å². The second-order valence-electron chi connectivity index (χ2n) is 5.60. The fourth-order valence-electron chi connectivity index (χ4n) is 2.99. The summed E-state index contributed by atoms with van der Waals surface area (Å²) in [6, 6.07) is 1.83. The van der Waals surface area contributed by atoms with Gasteiger partial charge in [0.1, 0.15) is 12.1 Å². The Labute approximate surface area is 127 Å². The summed E-state index contributed by atoms with van der Waals surface area (Å²) in [6.45, 7) is 0.628. The molecule has 0 bridgehead atoms. The number of H-pyrrole nitrogens is 1. The van der Waals surface area contributed by atoms with Crippen molar-refractivity contribution in [3.63, 3.8) is 0 Å². The van der Waals surface area contributed by atoms with Gasteiger partial charge in [-0.25, -0.2) is 0 Å². The molecule has 0 amide bonds. The van der Waals surface area contributed by atoms with Crippen LogP contribution < -0.4 is 11.1 Å². The number of nitrogens with one attached hydrogen (secondary N) is 2. The maximum Gasteiger partial charge on any atom is 0.209 e. The molecule has 0 aliphatic heterocycles. The summed E-state index contributed by atoms with van der Waals surface area (Å²) in [5, 5.41) is 18.7. The fourth-order valence-corrected chi connectivity index (χ4v) is 2.99. The highest BCUT2D eigenvalue weighted by molar-refractivity contribution is 5.53. The average molecular weight is 298 g/mol. The zero-order valence-corrected chi connectivity index (χ0v) is 12.2. The summed E-state index contributed by atoms with van der Waals surface area (Å²) in [5.74, 6) is 1.05. The fraction of sp³-hybridized carbons (Fsp3) is 0.429. The molecule has 0 unspecified atom stereocenters. The molecule has 114 valence electrons. The van der Waals surface area contributed by atoms with Crippen LogP contribution in [0.2, 0.25) is 0 Å². The van der Waals surface area contributed by atoms with Crippen molar-refractivity contribution in [3.05, 3.63) is 29.3 Å². The molecule has 4 rings (SSSR count). The van der Waals surface area contributed by atoms with Gasteiger partial charge in [0, 0.05) is 11.8 Å². The Morgan fingerprint density at radius 3 is 3.14 bits per heavy atom. The van der Waals surface area contributed by atoms with E-state index < -0.39 is 0 Å². The maximum absolute atomic E-state index is 5.89. The lowest BCUT2D eigenvalue weighted by molar-refractivity contribution is 0.699. The molecule has 8 heteroatoms. The molecule has 1 aliphatic carbocycles. The number of rotatable bonds is 3. The Morgan fingerprint density at radius 2 is 2.18 bits per heavy atom. The number of nitrogens with zero attached hydrogens (tertiary/aromatic N) is 5. The zero-order valence-electron chi connectivity index (χ0n) is 12.2. The van der Waals surface area contributed by atoms with Crippen molar-refractivity contribution in [2.45, 2.75) is 38.6 Å². The van der Waals surface area contributed by atoms with Gasteiger partial charge in [-0.15, -0.1) is 10.2 Å². The molecule has 3 heterocycles. The van der Waals surface area contributed by atoms with Crippen LogP contribution in [0.15, 0.2) is 12.4 Å². The second kappa shape index (κ2) is 5.28. The lowest BCUT2D eigenvalue weighted by Gasteiger charge is -2.07. The SMILES string of the molecule is Nc1nc(NCc2n[nH]c3c2CCCCC3)cc2nncn12. The first-order valence-corrected chi connectivity index (χ1v) is 7.56. The number of hydrogen-bond donors (Lipinski definition) is 3. The topological polar surface area (TPSA) is 110 Å². The molecule has 0 saturated heterocycles. The van der Waals surface area contributed by atoms with Gasteiger partial charge in [-0.05, 0) is 31.2 Å². The Kier molecular flexibility index (Phi) is 3.14. The number of anilines is 2. The molecule has 0 atom stereocenters. The molecular weight excluding hydrogens is 280 g/mol. The van der Waals surface area contributed by atoms with E-state index in [0.717, 1.165) is 18.5 Å². The van der Waals surface area contributed by atoms with E-state index in [1.165, 1.54) is 30.5 Å². The largest absolute Gasteiger partial charge is 0.369 e. The monoisotopic (exact) mass is 298 g/mol. The van der Waals surface area contributed by atoms with E-state index in [4.69, 9.17) is 5.73 Å². The number of aromatic nitrogens is 6. The van der Waals surface area contributed by atoms with Crippen LogP contribution in [0.5, 0.6) is 0 Å². The minimum Gasteiger partial charge on any atom is -0.369 e. The van der Waals surface area contributed by atoms with Gasteiger partial charge in [0.05, 0.1) is 12.2 Å². The smallest absolute Gasteiger partial charge is 0.209 e. The van der Waals surface area contributed by atoms with Crippen LogP contribution >= 0.6 is 0 Å². The first kappa shape index (κ1) is 13.1. The standard InChI is InChI=1S/C14H18N8/c15-14-18-12(6-13-21-17-8-22(13)14)16-7-11-9-4-2-1-3-5-10(9)19-20-11/h6,8,16H,1-5,7H2,(H2,15,18)(H,19,20). The van der Waals surface area contributed by atoms with Gasteiger partial charge in [0.25, 0.3) is 0 Å². The zero-order chi connectivity index (χ0) is 14.9. The van der Waals surface area contributed by atoms with Crippen molar-refractivity contribution in [1.82, 2.24) is 29.8 Å². The number of nitrogen functional groups attached to an aromatic ring is 1. The molecular formula is C14H18N8. The van der Waals surface area contributed by atoms with Crippen LogP contribution in [-0.4, -0.2) is 29.8 Å². The van der Waals surface area contributed by atoms with Crippen LogP contribution in [-0.2, 0) is 19.4 Å². The summed E-state index contributed by atoms with van der Waals surface area (Å²) >= 11 is 0. The second-order valence-corrected chi connectivity index (χ2v) is 5.60. The Morgan fingerprint density at radius 1 is 1.27 bits per heavy atom. The minimum atomic E-state index is 0.367. The third-order valence-corrected chi connectivity index (χ3v) is 4.15. The lowest BCUT2D eigenvalue weighted by Crippen LogP contribution is -2.07. The number of aryl methyl sites for hydroxylation is 1. The predicted molar refractivity (Wildman–Crippen MR) is 82.4 cm³/mol. The number of fused-ring (bicyclic) bond motifs is 2. The van der Waals surface area contributed by atoms with Gasteiger partial charge in [0.15, 0.2) is 5.65 Å². The normalized spacial score (nSPS) is 14.7. The summed E-state index contributed by atoms with van der Waals surface area (Å²) in [4.78, 5) is 4.32. The summed E-state index contributed by atoms with van der Waals surface area (Å²) in [5.41, 5.74) is 10.3. The number of aromatic amines is 1. The first-order valence-electron chi connectivity index (χ1n) is 7.56. The van der Waals surface area contributed by atoms with E-state index in [-0.39, 0.29) is 0 Å². The minimum absolute atomic E-state index is 0.367. The van der Waals surface area contributed by atoms with E-state index in [0.29, 0.717) is 24.0 Å². The van der Waals surface area contributed by atoms with Crippen molar-refractivity contribution < 1.29 is 0 Å². The molecule has 0 radical (unpaired) electrons. The van der Waals surface area contributed by atoms with Crippen LogP contribution in [0.1, 0.15) is 36.2 Å². The molecule has 1 aliphatic rings. The Hall–Kier alpha value is -2.64. The molecule has 0 aromatic carbocycles. The Balaban J connectivity index is 1.55. The van der Waals surface area contributed by atoms with Crippen LogP contribution in [0, 0.1) is 0 Å². The van der Waals surface area contributed by atoms with Gasteiger partial charge in [0.2, 0.25) is 5.95 Å². The van der Waals surface area contributed by atoms with E-state index in [2.05, 4.69) is 30.7 Å². The van der Waals surface area contributed by atoms with E-state index in [9.17, 15) is 0 Å². The molecule has 0 saturated carbocycles. The van der Waals surface area contributed by atoms with Gasteiger partial charge in [-0.1, -0.05) is 6.42 Å². The third-order valence-electron chi connectivity index (χ3n) is 4.15. The Bertz CT molecular complexity index is 802. The summed E-state index contributed by atoms with van der Waals surface area (Å²) in [6.07, 6.45) is 7.51. The summed E-state index contributed by atoms with van der Waals surface area (Å²) in [7, 11) is 0. The van der Waals surface area contributed by atoms with E-state index in [1.807, 2.05) is 6.07 Å². The molecule has 4 N–H and O–H groups in total. The molecule has 0 spiro atoms. The number of nitrogens with two attached hydrogens (primary N) is 1. The van der Waals surface area contributed by atoms with Crippen molar-refractivity contribution in [2.24, 2.45) is 0 Å².